The van der Waals surface area contributed by atoms with Crippen molar-refractivity contribution in [3.05, 3.63) is 47.8 Å². The van der Waals surface area contributed by atoms with Gasteiger partial charge in [0.25, 0.3) is 0 Å². The van der Waals surface area contributed by atoms with E-state index >= 15 is 0 Å². The molecule has 0 bridgehead atoms. The van der Waals surface area contributed by atoms with Gasteiger partial charge in [0, 0.05) is 36.2 Å². The van der Waals surface area contributed by atoms with E-state index in [1.54, 1.807) is 25.1 Å². The molecule has 2 heterocycles. The molecule has 1 aromatic carbocycles. The van der Waals surface area contributed by atoms with E-state index in [2.05, 4.69) is 17.2 Å². The molecule has 1 aliphatic carbocycles. The number of amides is 1. The lowest BCUT2D eigenvalue weighted by molar-refractivity contribution is -0.117. The van der Waals surface area contributed by atoms with Gasteiger partial charge in [-0.2, -0.15) is 4.98 Å². The van der Waals surface area contributed by atoms with Crippen LogP contribution in [0.3, 0.4) is 0 Å². The summed E-state index contributed by atoms with van der Waals surface area (Å²) in [5.41, 5.74) is 1.50. The molecule has 2 aliphatic rings. The zero-order valence-corrected chi connectivity index (χ0v) is 14.8. The summed E-state index contributed by atoms with van der Waals surface area (Å²) in [4.78, 5) is 18.4. The number of aromatic nitrogens is 1. The molecule has 1 saturated carbocycles. The molecule has 136 valence electrons. The van der Waals surface area contributed by atoms with Crippen molar-refractivity contribution in [3.63, 3.8) is 0 Å². The third kappa shape index (κ3) is 2.89. The molecule has 0 radical (unpaired) electrons. The maximum absolute atomic E-state index is 14.0. The first-order valence-corrected chi connectivity index (χ1v) is 8.97. The number of pyridine rings is 1. The Morgan fingerprint density at radius 1 is 1.31 bits per heavy atom. The third-order valence-electron chi connectivity index (χ3n) is 5.43. The van der Waals surface area contributed by atoms with Crippen LogP contribution in [-0.2, 0) is 4.79 Å². The second-order valence-electron chi connectivity index (χ2n) is 7.28. The molecule has 2 N–H and O–H groups in total. The fraction of sp³-hybridized carbons (Fsp3) is 0.400. The molecule has 4 rings (SSSR count). The number of hydrogen-bond donors (Lipinski definition) is 2. The molecule has 3 atom stereocenters. The highest BCUT2D eigenvalue weighted by molar-refractivity contribution is 5.94. The first-order chi connectivity index (χ1) is 12.5. The Bertz CT molecular complexity index is 853. The Balaban J connectivity index is 1.80. The molecule has 1 aliphatic heterocycles. The highest BCUT2D eigenvalue weighted by atomic mass is 19.1. The first-order valence-electron chi connectivity index (χ1n) is 8.97. The standard InChI is InChI=1S/C20H22FN3O2/c1-11-19(23-17-4-3-5-18(26)22-17)15-10-14(21)8-9-16(15)24(12(2)25)20(11)13-6-7-13/h3-5,8-11,13,19-20H,6-7H2,1-2H3,(H2,22,23,26)/t11-,19?,20-/m1/s1. The molecule has 1 unspecified atom stereocenters. The van der Waals surface area contributed by atoms with Crippen molar-refractivity contribution in [1.29, 1.82) is 0 Å². The average molecular weight is 355 g/mol. The number of fused-ring (bicyclic) bond motifs is 1. The minimum absolute atomic E-state index is 0.0180. The SMILES string of the molecule is CC(=O)N1c2ccc(F)cc2C(Nc2cccc(O)n2)[C@@H](C)[C@@H]1C1CC1. The Labute approximate surface area is 151 Å². The van der Waals surface area contributed by atoms with Gasteiger partial charge in [0.15, 0.2) is 0 Å². The molecule has 1 amide bonds. The van der Waals surface area contributed by atoms with E-state index in [0.29, 0.717) is 11.7 Å². The maximum Gasteiger partial charge on any atom is 0.224 e. The van der Waals surface area contributed by atoms with Crippen molar-refractivity contribution in [3.8, 4) is 5.88 Å². The minimum Gasteiger partial charge on any atom is -0.493 e. The van der Waals surface area contributed by atoms with Gasteiger partial charge in [0.2, 0.25) is 11.8 Å². The van der Waals surface area contributed by atoms with Crippen LogP contribution in [-0.4, -0.2) is 22.0 Å². The summed E-state index contributed by atoms with van der Waals surface area (Å²) < 4.78 is 14.0. The van der Waals surface area contributed by atoms with Crippen LogP contribution in [0.15, 0.2) is 36.4 Å². The van der Waals surface area contributed by atoms with Gasteiger partial charge in [-0.15, -0.1) is 0 Å². The van der Waals surface area contributed by atoms with Gasteiger partial charge < -0.3 is 15.3 Å². The van der Waals surface area contributed by atoms with Gasteiger partial charge in [-0.25, -0.2) is 4.39 Å². The predicted molar refractivity (Wildman–Crippen MR) is 97.5 cm³/mol. The zero-order valence-electron chi connectivity index (χ0n) is 14.8. The molecule has 0 saturated heterocycles. The van der Waals surface area contributed by atoms with E-state index in [1.165, 1.54) is 18.2 Å². The van der Waals surface area contributed by atoms with Crippen molar-refractivity contribution in [2.45, 2.75) is 38.8 Å². The summed E-state index contributed by atoms with van der Waals surface area (Å²) in [6, 6.07) is 9.45. The zero-order chi connectivity index (χ0) is 18.4. The summed E-state index contributed by atoms with van der Waals surface area (Å²) in [6.07, 6.45) is 2.21. The number of rotatable bonds is 3. The van der Waals surface area contributed by atoms with Crippen LogP contribution in [0.4, 0.5) is 15.9 Å². The van der Waals surface area contributed by atoms with E-state index < -0.39 is 0 Å². The number of carbonyl (C=O) groups is 1. The topological polar surface area (TPSA) is 65.5 Å². The number of hydrogen-bond acceptors (Lipinski definition) is 4. The Hall–Kier alpha value is -2.63. The molecule has 2 aromatic rings. The summed E-state index contributed by atoms with van der Waals surface area (Å²) in [5.74, 6) is 0.652. The molecular formula is C20H22FN3O2. The number of aromatic hydroxyl groups is 1. The molecule has 26 heavy (non-hydrogen) atoms. The van der Waals surface area contributed by atoms with Gasteiger partial charge in [0.1, 0.15) is 11.6 Å². The number of anilines is 2. The molecule has 1 fully saturated rings. The van der Waals surface area contributed by atoms with Gasteiger partial charge in [0.05, 0.1) is 6.04 Å². The van der Waals surface area contributed by atoms with Crippen LogP contribution in [0.5, 0.6) is 5.88 Å². The molecular weight excluding hydrogens is 333 g/mol. The number of benzene rings is 1. The number of halogens is 1. The van der Waals surface area contributed by atoms with Crippen LogP contribution >= 0.6 is 0 Å². The molecule has 0 spiro atoms. The minimum atomic E-state index is -0.333. The summed E-state index contributed by atoms with van der Waals surface area (Å²) >= 11 is 0. The Morgan fingerprint density at radius 3 is 2.73 bits per heavy atom. The van der Waals surface area contributed by atoms with Crippen molar-refractivity contribution in [1.82, 2.24) is 4.98 Å². The lowest BCUT2D eigenvalue weighted by atomic mass is 9.80. The van der Waals surface area contributed by atoms with E-state index in [4.69, 9.17) is 0 Å². The van der Waals surface area contributed by atoms with Crippen LogP contribution < -0.4 is 10.2 Å². The monoisotopic (exact) mass is 355 g/mol. The fourth-order valence-electron chi connectivity index (χ4n) is 4.20. The summed E-state index contributed by atoms with van der Waals surface area (Å²) in [6.45, 7) is 3.66. The van der Waals surface area contributed by atoms with Gasteiger partial charge in [-0.3, -0.25) is 4.79 Å². The number of carbonyl (C=O) groups excluding carboxylic acids is 1. The molecule has 6 heteroatoms. The third-order valence-corrected chi connectivity index (χ3v) is 5.43. The maximum atomic E-state index is 14.0. The van der Waals surface area contributed by atoms with Crippen molar-refractivity contribution < 1.29 is 14.3 Å². The lowest BCUT2D eigenvalue weighted by Crippen LogP contribution is -2.51. The van der Waals surface area contributed by atoms with Crippen LogP contribution in [0.25, 0.3) is 0 Å². The number of nitrogens with zero attached hydrogens (tertiary/aromatic N) is 2. The Morgan fingerprint density at radius 2 is 2.08 bits per heavy atom. The predicted octanol–water partition coefficient (Wildman–Crippen LogP) is 3.86. The van der Waals surface area contributed by atoms with Crippen LogP contribution in [0.2, 0.25) is 0 Å². The largest absolute Gasteiger partial charge is 0.493 e. The normalized spacial score (nSPS) is 24.9. The highest BCUT2D eigenvalue weighted by Gasteiger charge is 2.47. The highest BCUT2D eigenvalue weighted by Crippen LogP contribution is 2.50. The van der Waals surface area contributed by atoms with Gasteiger partial charge >= 0.3 is 0 Å². The summed E-state index contributed by atoms with van der Waals surface area (Å²) in [5, 5.41) is 13.0. The molecule has 5 nitrogen and oxygen atoms in total. The van der Waals surface area contributed by atoms with Crippen molar-refractivity contribution in [2.24, 2.45) is 11.8 Å². The Kier molecular flexibility index (Phi) is 4.05. The second-order valence-corrected chi connectivity index (χ2v) is 7.28. The molecule has 1 aromatic heterocycles. The van der Waals surface area contributed by atoms with Crippen LogP contribution in [0, 0.1) is 17.7 Å². The lowest BCUT2D eigenvalue weighted by Gasteiger charge is -2.45. The van der Waals surface area contributed by atoms with E-state index in [0.717, 1.165) is 24.1 Å². The van der Waals surface area contributed by atoms with Gasteiger partial charge in [-0.05, 0) is 43.0 Å². The van der Waals surface area contributed by atoms with E-state index in [-0.39, 0.29) is 35.6 Å². The average Bonchev–Trinajstić information content (AvgIpc) is 3.41. The smallest absolute Gasteiger partial charge is 0.224 e. The second kappa shape index (κ2) is 6.27. The quantitative estimate of drug-likeness (QED) is 0.877. The summed E-state index contributed by atoms with van der Waals surface area (Å²) in [7, 11) is 0. The van der Waals surface area contributed by atoms with E-state index in [9.17, 15) is 14.3 Å². The van der Waals surface area contributed by atoms with E-state index in [1.807, 2.05) is 4.90 Å². The van der Waals surface area contributed by atoms with Crippen molar-refractivity contribution in [2.75, 3.05) is 10.2 Å². The number of nitrogens with one attached hydrogen (secondary N) is 1. The fourth-order valence-corrected chi connectivity index (χ4v) is 4.20. The van der Waals surface area contributed by atoms with Gasteiger partial charge in [-0.1, -0.05) is 13.0 Å². The van der Waals surface area contributed by atoms with Crippen LogP contribution in [0.1, 0.15) is 38.3 Å². The first kappa shape index (κ1) is 16.8. The van der Waals surface area contributed by atoms with Crippen molar-refractivity contribution >= 4 is 17.4 Å².